The summed E-state index contributed by atoms with van der Waals surface area (Å²) in [5.74, 6) is -0.234. The number of methoxy groups -OCH3 is 1. The molecule has 0 bridgehead atoms. The van der Waals surface area contributed by atoms with E-state index in [9.17, 15) is 9.59 Å². The van der Waals surface area contributed by atoms with Gasteiger partial charge < -0.3 is 15.4 Å². The third kappa shape index (κ3) is 9.77. The number of carbonyl (C=O) groups is 2. The van der Waals surface area contributed by atoms with Gasteiger partial charge in [0.25, 0.3) is 0 Å². The number of hydrogen-bond donors (Lipinski definition) is 3. The zero-order valence-electron chi connectivity index (χ0n) is 10.8. The molecule has 0 aliphatic heterocycles. The number of carbonyl (C=O) groups excluding carboxylic acids is 2. The van der Waals surface area contributed by atoms with Gasteiger partial charge in [-0.15, -0.1) is 0 Å². The van der Waals surface area contributed by atoms with Gasteiger partial charge in [-0.1, -0.05) is 6.92 Å². The van der Waals surface area contributed by atoms with E-state index in [1.165, 1.54) is 0 Å². The van der Waals surface area contributed by atoms with Crippen molar-refractivity contribution in [2.24, 2.45) is 0 Å². The first-order valence-corrected chi connectivity index (χ1v) is 5.85. The van der Waals surface area contributed by atoms with E-state index in [1.54, 1.807) is 7.11 Å². The fourth-order valence-corrected chi connectivity index (χ4v) is 1.07. The van der Waals surface area contributed by atoms with Gasteiger partial charge in [-0.05, 0) is 13.3 Å². The lowest BCUT2D eigenvalue weighted by atomic mass is 10.2. The van der Waals surface area contributed by atoms with Gasteiger partial charge in [0.2, 0.25) is 11.8 Å². The Morgan fingerprint density at radius 1 is 1.24 bits per heavy atom. The van der Waals surface area contributed by atoms with Crippen LogP contribution in [0, 0.1) is 0 Å². The lowest BCUT2D eigenvalue weighted by molar-refractivity contribution is -0.121. The van der Waals surface area contributed by atoms with Crippen molar-refractivity contribution in [1.29, 1.82) is 0 Å². The Labute approximate surface area is 102 Å². The van der Waals surface area contributed by atoms with E-state index in [1.807, 2.05) is 13.8 Å². The maximum Gasteiger partial charge on any atom is 0.234 e. The van der Waals surface area contributed by atoms with E-state index in [-0.39, 0.29) is 30.9 Å². The summed E-state index contributed by atoms with van der Waals surface area (Å²) in [6, 6.07) is 0.167. The number of hydrogen-bond acceptors (Lipinski definition) is 4. The fraction of sp³-hybridized carbons (Fsp3) is 0.818. The average molecular weight is 245 g/mol. The van der Waals surface area contributed by atoms with Crippen molar-refractivity contribution in [1.82, 2.24) is 16.0 Å². The van der Waals surface area contributed by atoms with Gasteiger partial charge >= 0.3 is 0 Å². The van der Waals surface area contributed by atoms with Crippen LogP contribution in [0.25, 0.3) is 0 Å². The zero-order valence-corrected chi connectivity index (χ0v) is 10.8. The molecular weight excluding hydrogens is 222 g/mol. The molecule has 1 atom stereocenters. The standard InChI is InChI=1S/C11H23N3O3/c1-4-9(2)14-11(16)8-12-7-10(15)13-5-6-17-3/h9,12H,4-8H2,1-3H3,(H,13,15)(H,14,16). The molecule has 6 nitrogen and oxygen atoms in total. The van der Waals surface area contributed by atoms with Crippen LogP contribution in [0.4, 0.5) is 0 Å². The highest BCUT2D eigenvalue weighted by atomic mass is 16.5. The van der Waals surface area contributed by atoms with Gasteiger partial charge in [0.05, 0.1) is 19.7 Å². The zero-order chi connectivity index (χ0) is 13.1. The Bertz CT molecular complexity index is 234. The highest BCUT2D eigenvalue weighted by Crippen LogP contribution is 1.86. The Hall–Kier alpha value is -1.14. The molecule has 0 spiro atoms. The van der Waals surface area contributed by atoms with Crippen LogP contribution in [0.5, 0.6) is 0 Å². The molecule has 6 heteroatoms. The Morgan fingerprint density at radius 2 is 1.88 bits per heavy atom. The van der Waals surface area contributed by atoms with Crippen molar-refractivity contribution < 1.29 is 14.3 Å². The Kier molecular flexibility index (Phi) is 9.37. The van der Waals surface area contributed by atoms with E-state index in [0.717, 1.165) is 6.42 Å². The lowest BCUT2D eigenvalue weighted by Gasteiger charge is -2.11. The summed E-state index contributed by atoms with van der Waals surface area (Å²) in [6.45, 7) is 5.20. The summed E-state index contributed by atoms with van der Waals surface area (Å²) >= 11 is 0. The number of ether oxygens (including phenoxy) is 1. The molecular formula is C11H23N3O3. The molecule has 0 aliphatic rings. The van der Waals surface area contributed by atoms with Gasteiger partial charge in [-0.2, -0.15) is 0 Å². The normalized spacial score (nSPS) is 11.9. The van der Waals surface area contributed by atoms with Crippen LogP contribution in [0.1, 0.15) is 20.3 Å². The molecule has 0 rings (SSSR count). The molecule has 0 aliphatic carbocycles. The summed E-state index contributed by atoms with van der Waals surface area (Å²) < 4.78 is 4.79. The summed E-state index contributed by atoms with van der Waals surface area (Å²) in [4.78, 5) is 22.5. The van der Waals surface area contributed by atoms with Gasteiger partial charge in [-0.3, -0.25) is 14.9 Å². The molecule has 0 radical (unpaired) electrons. The summed E-state index contributed by atoms with van der Waals surface area (Å²) in [5, 5.41) is 8.23. The van der Waals surface area contributed by atoms with Crippen molar-refractivity contribution in [3.8, 4) is 0 Å². The van der Waals surface area contributed by atoms with E-state index in [4.69, 9.17) is 4.74 Å². The summed E-state index contributed by atoms with van der Waals surface area (Å²) in [5.41, 5.74) is 0. The van der Waals surface area contributed by atoms with Crippen molar-refractivity contribution in [3.05, 3.63) is 0 Å². The lowest BCUT2D eigenvalue weighted by Crippen LogP contribution is -2.42. The predicted octanol–water partition coefficient (Wildman–Crippen LogP) is -0.747. The molecule has 100 valence electrons. The summed E-state index contributed by atoms with van der Waals surface area (Å²) in [6.07, 6.45) is 0.892. The first kappa shape index (κ1) is 15.9. The molecule has 3 N–H and O–H groups in total. The second-order valence-corrected chi connectivity index (χ2v) is 3.82. The van der Waals surface area contributed by atoms with Crippen molar-refractivity contribution in [2.45, 2.75) is 26.3 Å². The van der Waals surface area contributed by atoms with Crippen molar-refractivity contribution >= 4 is 11.8 Å². The van der Waals surface area contributed by atoms with Crippen LogP contribution in [0.2, 0.25) is 0 Å². The predicted molar refractivity (Wildman–Crippen MR) is 65.7 cm³/mol. The summed E-state index contributed by atoms with van der Waals surface area (Å²) in [7, 11) is 1.57. The average Bonchev–Trinajstić information content (AvgIpc) is 2.29. The molecule has 2 amide bonds. The largest absolute Gasteiger partial charge is 0.383 e. The second kappa shape index (κ2) is 10.0. The smallest absolute Gasteiger partial charge is 0.234 e. The SMILES string of the molecule is CCC(C)NC(=O)CNCC(=O)NCCOC. The highest BCUT2D eigenvalue weighted by molar-refractivity contribution is 5.81. The monoisotopic (exact) mass is 245 g/mol. The van der Waals surface area contributed by atoms with Crippen molar-refractivity contribution in [3.63, 3.8) is 0 Å². The van der Waals surface area contributed by atoms with E-state index < -0.39 is 0 Å². The topological polar surface area (TPSA) is 79.5 Å². The molecule has 0 heterocycles. The first-order chi connectivity index (χ1) is 8.10. The van der Waals surface area contributed by atoms with Crippen LogP contribution >= 0.6 is 0 Å². The minimum atomic E-state index is -0.140. The van der Waals surface area contributed by atoms with Crippen LogP contribution in [-0.4, -0.2) is 51.2 Å². The maximum absolute atomic E-state index is 11.3. The van der Waals surface area contributed by atoms with E-state index in [0.29, 0.717) is 13.2 Å². The maximum atomic E-state index is 11.3. The fourth-order valence-electron chi connectivity index (χ4n) is 1.07. The molecule has 1 unspecified atom stereocenters. The Morgan fingerprint density at radius 3 is 2.47 bits per heavy atom. The molecule has 0 saturated carbocycles. The number of amides is 2. The van der Waals surface area contributed by atoms with Gasteiger partial charge in [0.1, 0.15) is 0 Å². The minimum absolute atomic E-state index is 0.0935. The van der Waals surface area contributed by atoms with Crippen molar-refractivity contribution in [2.75, 3.05) is 33.4 Å². The minimum Gasteiger partial charge on any atom is -0.383 e. The van der Waals surface area contributed by atoms with E-state index in [2.05, 4.69) is 16.0 Å². The number of nitrogens with one attached hydrogen (secondary N) is 3. The van der Waals surface area contributed by atoms with Gasteiger partial charge in [-0.25, -0.2) is 0 Å². The third-order valence-electron chi connectivity index (χ3n) is 2.22. The molecule has 0 fully saturated rings. The molecule has 0 aromatic rings. The van der Waals surface area contributed by atoms with Gasteiger partial charge in [0, 0.05) is 19.7 Å². The Balaban J connectivity index is 3.49. The molecule has 0 saturated heterocycles. The van der Waals surface area contributed by atoms with E-state index >= 15 is 0 Å². The van der Waals surface area contributed by atoms with Gasteiger partial charge in [0.15, 0.2) is 0 Å². The molecule has 17 heavy (non-hydrogen) atoms. The van der Waals surface area contributed by atoms with Crippen LogP contribution in [0.15, 0.2) is 0 Å². The third-order valence-corrected chi connectivity index (χ3v) is 2.22. The number of rotatable bonds is 9. The molecule has 0 aromatic carbocycles. The van der Waals surface area contributed by atoms with Crippen LogP contribution in [-0.2, 0) is 14.3 Å². The van der Waals surface area contributed by atoms with Crippen LogP contribution < -0.4 is 16.0 Å². The molecule has 0 aromatic heterocycles. The highest BCUT2D eigenvalue weighted by Gasteiger charge is 2.06. The quantitative estimate of drug-likeness (QED) is 0.467. The first-order valence-electron chi connectivity index (χ1n) is 5.85. The second-order valence-electron chi connectivity index (χ2n) is 3.82. The van der Waals surface area contributed by atoms with Crippen LogP contribution in [0.3, 0.4) is 0 Å².